The second-order valence-electron chi connectivity index (χ2n) is 6.51. The first-order valence-corrected chi connectivity index (χ1v) is 8.70. The van der Waals surface area contributed by atoms with Crippen LogP contribution in [0.4, 0.5) is 14.6 Å². The Bertz CT molecular complexity index is 1340. The van der Waals surface area contributed by atoms with E-state index in [1.807, 2.05) is 48.5 Å². The van der Waals surface area contributed by atoms with Crippen molar-refractivity contribution in [3.8, 4) is 22.5 Å². The van der Waals surface area contributed by atoms with Crippen LogP contribution >= 0.6 is 0 Å². The van der Waals surface area contributed by atoms with Gasteiger partial charge in [0.2, 0.25) is 0 Å². The van der Waals surface area contributed by atoms with E-state index in [0.717, 1.165) is 22.6 Å². The number of aromatic amines is 1. The number of H-pyrrole nitrogens is 1. The molecular formula is C22H14F2N4. The standard InChI is InChI=1S/C22H14F2N4/c23-13-9-16-17(11-26-20(16)18(24)10-13)22-27-19-14(12-5-2-1-3-6-12)7-4-8-15(19)21(25)28-22/h1-11,26H,(H2,25,27,28). The Kier molecular flexibility index (Phi) is 3.58. The zero-order valence-corrected chi connectivity index (χ0v) is 14.6. The minimum Gasteiger partial charge on any atom is -0.383 e. The lowest BCUT2D eigenvalue weighted by Crippen LogP contribution is -1.99. The van der Waals surface area contributed by atoms with Crippen LogP contribution in [-0.2, 0) is 0 Å². The molecule has 0 spiro atoms. The Morgan fingerprint density at radius 2 is 1.64 bits per heavy atom. The molecule has 3 N–H and O–H groups in total. The molecule has 4 nitrogen and oxygen atoms in total. The molecule has 0 unspecified atom stereocenters. The molecule has 0 aliphatic carbocycles. The number of para-hydroxylation sites is 1. The number of benzene rings is 3. The van der Waals surface area contributed by atoms with Gasteiger partial charge in [0, 0.05) is 34.2 Å². The Morgan fingerprint density at radius 1 is 0.821 bits per heavy atom. The van der Waals surface area contributed by atoms with Gasteiger partial charge < -0.3 is 10.7 Å². The molecular weight excluding hydrogens is 358 g/mol. The average Bonchev–Trinajstić information content (AvgIpc) is 3.12. The van der Waals surface area contributed by atoms with E-state index in [4.69, 9.17) is 10.7 Å². The number of nitrogens with two attached hydrogens (primary N) is 1. The summed E-state index contributed by atoms with van der Waals surface area (Å²) in [6.45, 7) is 0. The third kappa shape index (κ3) is 2.50. The normalized spacial score (nSPS) is 11.4. The predicted octanol–water partition coefficient (Wildman–Crippen LogP) is 5.31. The monoisotopic (exact) mass is 372 g/mol. The maximum absolute atomic E-state index is 14.1. The highest BCUT2D eigenvalue weighted by Gasteiger charge is 2.16. The molecule has 0 saturated carbocycles. The van der Waals surface area contributed by atoms with E-state index in [-0.39, 0.29) is 5.52 Å². The lowest BCUT2D eigenvalue weighted by molar-refractivity contribution is 0.591. The topological polar surface area (TPSA) is 67.6 Å². The summed E-state index contributed by atoms with van der Waals surface area (Å²) in [7, 11) is 0. The molecule has 0 saturated heterocycles. The smallest absolute Gasteiger partial charge is 0.164 e. The summed E-state index contributed by atoms with van der Waals surface area (Å²) in [5, 5.41) is 1.09. The number of nitrogens with one attached hydrogen (secondary N) is 1. The van der Waals surface area contributed by atoms with Gasteiger partial charge >= 0.3 is 0 Å². The molecule has 5 aromatic rings. The van der Waals surface area contributed by atoms with Crippen molar-refractivity contribution in [1.29, 1.82) is 0 Å². The molecule has 28 heavy (non-hydrogen) atoms. The van der Waals surface area contributed by atoms with Crippen molar-refractivity contribution < 1.29 is 8.78 Å². The summed E-state index contributed by atoms with van der Waals surface area (Å²) in [4.78, 5) is 11.9. The van der Waals surface area contributed by atoms with Crippen molar-refractivity contribution in [3.05, 3.63) is 78.5 Å². The summed E-state index contributed by atoms with van der Waals surface area (Å²) in [5.41, 5.74) is 9.48. The lowest BCUT2D eigenvalue weighted by Gasteiger charge is -2.10. The fraction of sp³-hybridized carbons (Fsp3) is 0. The second-order valence-corrected chi connectivity index (χ2v) is 6.51. The highest BCUT2D eigenvalue weighted by molar-refractivity contribution is 6.01. The third-order valence-corrected chi connectivity index (χ3v) is 4.79. The number of nitrogens with zero attached hydrogens (tertiary/aromatic N) is 2. The first kappa shape index (κ1) is 16.4. The molecule has 136 valence electrons. The van der Waals surface area contributed by atoms with Crippen molar-refractivity contribution in [2.45, 2.75) is 0 Å². The maximum Gasteiger partial charge on any atom is 0.164 e. The number of rotatable bonds is 2. The van der Waals surface area contributed by atoms with Gasteiger partial charge in [-0.2, -0.15) is 0 Å². The average molecular weight is 372 g/mol. The van der Waals surface area contributed by atoms with Crippen LogP contribution in [0, 0.1) is 11.6 Å². The fourth-order valence-corrected chi connectivity index (χ4v) is 3.49. The van der Waals surface area contributed by atoms with Gasteiger partial charge in [-0.25, -0.2) is 18.7 Å². The predicted molar refractivity (Wildman–Crippen MR) is 107 cm³/mol. The largest absolute Gasteiger partial charge is 0.383 e. The van der Waals surface area contributed by atoms with Crippen molar-refractivity contribution in [2.24, 2.45) is 0 Å². The minimum absolute atomic E-state index is 0.204. The molecule has 0 aliphatic heterocycles. The van der Waals surface area contributed by atoms with Crippen LogP contribution in [0.25, 0.3) is 44.3 Å². The van der Waals surface area contributed by atoms with Gasteiger partial charge in [-0.3, -0.25) is 0 Å². The number of halogens is 2. The molecule has 2 heterocycles. The third-order valence-electron chi connectivity index (χ3n) is 4.79. The molecule has 6 heteroatoms. The van der Waals surface area contributed by atoms with Crippen LogP contribution in [-0.4, -0.2) is 15.0 Å². The van der Waals surface area contributed by atoms with E-state index in [1.54, 1.807) is 6.20 Å². The summed E-state index contributed by atoms with van der Waals surface area (Å²) < 4.78 is 27.8. The highest BCUT2D eigenvalue weighted by Crippen LogP contribution is 2.34. The van der Waals surface area contributed by atoms with E-state index in [2.05, 4.69) is 9.97 Å². The number of anilines is 1. The first-order chi connectivity index (χ1) is 13.6. The van der Waals surface area contributed by atoms with Gasteiger partial charge in [-0.1, -0.05) is 42.5 Å². The van der Waals surface area contributed by atoms with Gasteiger partial charge in [0.1, 0.15) is 17.5 Å². The molecule has 0 amide bonds. The molecule has 0 atom stereocenters. The molecule has 0 fully saturated rings. The molecule has 5 rings (SSSR count). The van der Waals surface area contributed by atoms with Crippen molar-refractivity contribution >= 4 is 27.6 Å². The summed E-state index contributed by atoms with van der Waals surface area (Å²) >= 11 is 0. The quantitative estimate of drug-likeness (QED) is 0.441. The minimum atomic E-state index is -0.667. The van der Waals surface area contributed by atoms with E-state index < -0.39 is 11.6 Å². The van der Waals surface area contributed by atoms with Crippen LogP contribution in [0.1, 0.15) is 0 Å². The second kappa shape index (κ2) is 6.13. The van der Waals surface area contributed by atoms with Crippen molar-refractivity contribution in [2.75, 3.05) is 5.73 Å². The number of fused-ring (bicyclic) bond motifs is 2. The summed E-state index contributed by atoms with van der Waals surface area (Å²) in [5.74, 6) is -0.710. The van der Waals surface area contributed by atoms with Crippen LogP contribution < -0.4 is 5.73 Å². The number of hydrogen-bond donors (Lipinski definition) is 2. The maximum atomic E-state index is 14.1. The van der Waals surface area contributed by atoms with Crippen molar-refractivity contribution in [1.82, 2.24) is 15.0 Å². The Hall–Kier alpha value is -3.80. The van der Waals surface area contributed by atoms with E-state index in [0.29, 0.717) is 28.1 Å². The summed E-state index contributed by atoms with van der Waals surface area (Å²) in [6, 6.07) is 17.6. The van der Waals surface area contributed by atoms with Gasteiger partial charge in [-0.15, -0.1) is 0 Å². The van der Waals surface area contributed by atoms with Gasteiger partial charge in [-0.05, 0) is 17.7 Å². The van der Waals surface area contributed by atoms with Crippen LogP contribution in [0.3, 0.4) is 0 Å². The van der Waals surface area contributed by atoms with Crippen LogP contribution in [0.5, 0.6) is 0 Å². The Morgan fingerprint density at radius 3 is 2.46 bits per heavy atom. The van der Waals surface area contributed by atoms with E-state index >= 15 is 0 Å². The van der Waals surface area contributed by atoms with Gasteiger partial charge in [0.25, 0.3) is 0 Å². The number of hydrogen-bond acceptors (Lipinski definition) is 3. The van der Waals surface area contributed by atoms with Gasteiger partial charge in [0.15, 0.2) is 5.82 Å². The van der Waals surface area contributed by atoms with Crippen LogP contribution in [0.2, 0.25) is 0 Å². The highest BCUT2D eigenvalue weighted by atomic mass is 19.1. The molecule has 3 aromatic carbocycles. The lowest BCUT2D eigenvalue weighted by atomic mass is 10.0. The number of nitrogen functional groups attached to an aromatic ring is 1. The van der Waals surface area contributed by atoms with Crippen LogP contribution in [0.15, 0.2) is 66.9 Å². The molecule has 2 aromatic heterocycles. The zero-order chi connectivity index (χ0) is 19.3. The molecule has 0 aliphatic rings. The van der Waals surface area contributed by atoms with E-state index in [9.17, 15) is 8.78 Å². The Labute approximate surface area is 158 Å². The fourth-order valence-electron chi connectivity index (χ4n) is 3.49. The van der Waals surface area contributed by atoms with E-state index in [1.165, 1.54) is 6.07 Å². The summed E-state index contributed by atoms with van der Waals surface area (Å²) in [6.07, 6.45) is 1.57. The SMILES string of the molecule is Nc1nc(-c2c[nH]c3c(F)cc(F)cc23)nc2c(-c3ccccc3)cccc12. The zero-order valence-electron chi connectivity index (χ0n) is 14.6. The number of aromatic nitrogens is 3. The van der Waals surface area contributed by atoms with Gasteiger partial charge in [0.05, 0.1) is 11.0 Å². The Balaban J connectivity index is 1.81. The molecule has 0 radical (unpaired) electrons. The van der Waals surface area contributed by atoms with Crippen molar-refractivity contribution in [3.63, 3.8) is 0 Å². The first-order valence-electron chi connectivity index (χ1n) is 8.70. The molecule has 0 bridgehead atoms.